The molecule has 110 valence electrons. The molecule has 0 aliphatic carbocycles. The minimum absolute atomic E-state index is 0.155. The summed E-state index contributed by atoms with van der Waals surface area (Å²) in [6, 6.07) is 10.7. The van der Waals surface area contributed by atoms with Crippen LogP contribution >= 0.6 is 27.5 Å². The molecule has 6 heteroatoms. The molecule has 0 saturated heterocycles. The number of carbonyl (C=O) groups is 1. The first-order valence-corrected chi connectivity index (χ1v) is 7.49. The Labute approximate surface area is 136 Å². The zero-order valence-electron chi connectivity index (χ0n) is 11.4. The molecular formula is C15H14BrClN2O2. The number of nitrogens with zero attached hydrogens (tertiary/aromatic N) is 2. The maximum atomic E-state index is 12.2. The highest BCUT2D eigenvalue weighted by Gasteiger charge is 2.15. The standard InChI is InChI=1S/C15H14BrClN2O2/c1-19(15(20)14-13(16)6-3-7-18-14)8-9-21-12-5-2-4-11(17)10-12/h2-7,10H,8-9H2,1H3. The van der Waals surface area contributed by atoms with E-state index in [1.165, 1.54) is 0 Å². The van der Waals surface area contributed by atoms with Crippen LogP contribution in [0.4, 0.5) is 0 Å². The van der Waals surface area contributed by atoms with Crippen LogP contribution in [-0.2, 0) is 0 Å². The molecule has 21 heavy (non-hydrogen) atoms. The first-order valence-electron chi connectivity index (χ1n) is 6.32. The summed E-state index contributed by atoms with van der Waals surface area (Å²) in [5.41, 5.74) is 0.391. The van der Waals surface area contributed by atoms with Crippen LogP contribution in [0.2, 0.25) is 5.02 Å². The molecule has 0 bridgehead atoms. The molecule has 2 rings (SSSR count). The van der Waals surface area contributed by atoms with Crippen molar-refractivity contribution in [2.75, 3.05) is 20.2 Å². The van der Waals surface area contributed by atoms with Gasteiger partial charge in [-0.05, 0) is 46.3 Å². The van der Waals surface area contributed by atoms with Gasteiger partial charge in [0.1, 0.15) is 18.1 Å². The van der Waals surface area contributed by atoms with Gasteiger partial charge in [0.25, 0.3) is 5.91 Å². The van der Waals surface area contributed by atoms with Crippen molar-refractivity contribution >= 4 is 33.4 Å². The lowest BCUT2D eigenvalue weighted by Crippen LogP contribution is -2.31. The summed E-state index contributed by atoms with van der Waals surface area (Å²) >= 11 is 9.20. The zero-order chi connectivity index (χ0) is 15.2. The van der Waals surface area contributed by atoms with Crippen molar-refractivity contribution < 1.29 is 9.53 Å². The van der Waals surface area contributed by atoms with E-state index in [9.17, 15) is 4.79 Å². The van der Waals surface area contributed by atoms with Gasteiger partial charge in [0.05, 0.1) is 6.54 Å². The quantitative estimate of drug-likeness (QED) is 0.808. The van der Waals surface area contributed by atoms with Gasteiger partial charge in [-0.2, -0.15) is 0 Å². The molecule has 0 spiro atoms. The third kappa shape index (κ3) is 4.44. The summed E-state index contributed by atoms with van der Waals surface area (Å²) in [6.07, 6.45) is 1.59. The average Bonchev–Trinajstić information content (AvgIpc) is 2.47. The smallest absolute Gasteiger partial charge is 0.273 e. The van der Waals surface area contributed by atoms with Crippen molar-refractivity contribution in [1.29, 1.82) is 0 Å². The van der Waals surface area contributed by atoms with Crippen molar-refractivity contribution in [3.8, 4) is 5.75 Å². The number of pyridine rings is 1. The zero-order valence-corrected chi connectivity index (χ0v) is 13.8. The van der Waals surface area contributed by atoms with Gasteiger partial charge in [-0.15, -0.1) is 0 Å². The van der Waals surface area contributed by atoms with Crippen LogP contribution in [-0.4, -0.2) is 36.0 Å². The average molecular weight is 370 g/mol. The van der Waals surface area contributed by atoms with Crippen molar-refractivity contribution in [1.82, 2.24) is 9.88 Å². The number of benzene rings is 1. The van der Waals surface area contributed by atoms with E-state index in [0.29, 0.717) is 34.1 Å². The van der Waals surface area contributed by atoms with Crippen molar-refractivity contribution in [3.05, 3.63) is 57.8 Å². The number of halogens is 2. The number of likely N-dealkylation sites (N-methyl/N-ethyl adjacent to an activating group) is 1. The molecule has 0 aliphatic heterocycles. The third-order valence-electron chi connectivity index (χ3n) is 2.80. The Kier molecular flexibility index (Phi) is 5.59. The van der Waals surface area contributed by atoms with Crippen LogP contribution in [0.1, 0.15) is 10.5 Å². The Morgan fingerprint density at radius 3 is 2.90 bits per heavy atom. The second-order valence-electron chi connectivity index (χ2n) is 4.37. The third-order valence-corrected chi connectivity index (χ3v) is 3.67. The van der Waals surface area contributed by atoms with Crippen LogP contribution in [0.5, 0.6) is 5.75 Å². The largest absolute Gasteiger partial charge is 0.492 e. The first-order chi connectivity index (χ1) is 10.1. The molecule has 1 aromatic heterocycles. The normalized spacial score (nSPS) is 10.2. The lowest BCUT2D eigenvalue weighted by Gasteiger charge is -2.17. The van der Waals surface area contributed by atoms with Crippen LogP contribution in [0.3, 0.4) is 0 Å². The molecule has 0 N–H and O–H groups in total. The second-order valence-corrected chi connectivity index (χ2v) is 5.66. The Hall–Kier alpha value is -1.59. The van der Waals surface area contributed by atoms with Gasteiger partial charge < -0.3 is 9.64 Å². The predicted octanol–water partition coefficient (Wildman–Crippen LogP) is 3.65. The number of ether oxygens (including phenoxy) is 1. The van der Waals surface area contributed by atoms with Crippen molar-refractivity contribution in [2.24, 2.45) is 0 Å². The van der Waals surface area contributed by atoms with E-state index in [2.05, 4.69) is 20.9 Å². The molecule has 2 aromatic rings. The molecule has 0 aliphatic rings. The second kappa shape index (κ2) is 7.43. The summed E-state index contributed by atoms with van der Waals surface area (Å²) in [5, 5.41) is 0.620. The fourth-order valence-electron chi connectivity index (χ4n) is 1.68. The van der Waals surface area contributed by atoms with Crippen LogP contribution < -0.4 is 4.74 Å². The molecule has 4 nitrogen and oxygen atoms in total. The van der Waals surface area contributed by atoms with Crippen LogP contribution in [0.15, 0.2) is 47.1 Å². The number of aromatic nitrogens is 1. The monoisotopic (exact) mass is 368 g/mol. The van der Waals surface area contributed by atoms with Crippen LogP contribution in [0, 0.1) is 0 Å². The summed E-state index contributed by atoms with van der Waals surface area (Å²) in [6.45, 7) is 0.835. The number of carbonyl (C=O) groups excluding carboxylic acids is 1. The van der Waals surface area contributed by atoms with Gasteiger partial charge in [-0.1, -0.05) is 17.7 Å². The van der Waals surface area contributed by atoms with Crippen LogP contribution in [0.25, 0.3) is 0 Å². The summed E-state index contributed by atoms with van der Waals surface area (Å²) in [5.74, 6) is 0.527. The highest BCUT2D eigenvalue weighted by molar-refractivity contribution is 9.10. The number of hydrogen-bond acceptors (Lipinski definition) is 3. The van der Waals surface area contributed by atoms with E-state index in [1.54, 1.807) is 42.4 Å². The SMILES string of the molecule is CN(CCOc1cccc(Cl)c1)C(=O)c1ncccc1Br. The topological polar surface area (TPSA) is 42.4 Å². The maximum Gasteiger partial charge on any atom is 0.273 e. The van der Waals surface area contributed by atoms with Gasteiger partial charge in [0.15, 0.2) is 0 Å². The summed E-state index contributed by atoms with van der Waals surface area (Å²) in [7, 11) is 1.71. The Bertz CT molecular complexity index is 637. The number of rotatable bonds is 5. The first kappa shape index (κ1) is 15.8. The summed E-state index contributed by atoms with van der Waals surface area (Å²) < 4.78 is 6.24. The molecule has 0 unspecified atom stereocenters. The lowest BCUT2D eigenvalue weighted by atomic mass is 10.3. The molecular weight excluding hydrogens is 356 g/mol. The van der Waals surface area contributed by atoms with E-state index in [0.717, 1.165) is 0 Å². The molecule has 1 aromatic carbocycles. The molecule has 0 radical (unpaired) electrons. The molecule has 1 amide bonds. The van der Waals surface area contributed by atoms with Gasteiger partial charge in [0.2, 0.25) is 0 Å². The Morgan fingerprint density at radius 1 is 1.38 bits per heavy atom. The van der Waals surface area contributed by atoms with E-state index in [1.807, 2.05) is 12.1 Å². The summed E-state index contributed by atoms with van der Waals surface area (Å²) in [4.78, 5) is 17.9. The van der Waals surface area contributed by atoms with Gasteiger partial charge >= 0.3 is 0 Å². The lowest BCUT2D eigenvalue weighted by molar-refractivity contribution is 0.0767. The van der Waals surface area contributed by atoms with Gasteiger partial charge in [-0.3, -0.25) is 4.79 Å². The minimum atomic E-state index is -0.155. The number of hydrogen-bond donors (Lipinski definition) is 0. The Balaban J connectivity index is 1.89. The van der Waals surface area contributed by atoms with Gasteiger partial charge in [-0.25, -0.2) is 4.98 Å². The van der Waals surface area contributed by atoms with E-state index in [-0.39, 0.29) is 5.91 Å². The maximum absolute atomic E-state index is 12.2. The minimum Gasteiger partial charge on any atom is -0.492 e. The van der Waals surface area contributed by atoms with Crippen molar-refractivity contribution in [2.45, 2.75) is 0 Å². The fraction of sp³-hybridized carbons (Fsp3) is 0.200. The molecule has 0 saturated carbocycles. The number of amides is 1. The van der Waals surface area contributed by atoms with E-state index in [4.69, 9.17) is 16.3 Å². The van der Waals surface area contributed by atoms with E-state index < -0.39 is 0 Å². The van der Waals surface area contributed by atoms with Gasteiger partial charge in [0, 0.05) is 22.7 Å². The predicted molar refractivity (Wildman–Crippen MR) is 85.8 cm³/mol. The van der Waals surface area contributed by atoms with E-state index >= 15 is 0 Å². The highest BCUT2D eigenvalue weighted by atomic mass is 79.9. The molecule has 1 heterocycles. The fourth-order valence-corrected chi connectivity index (χ4v) is 2.29. The highest BCUT2D eigenvalue weighted by Crippen LogP contribution is 2.17. The molecule has 0 atom stereocenters. The Morgan fingerprint density at radius 2 is 2.19 bits per heavy atom. The molecule has 0 fully saturated rings. The van der Waals surface area contributed by atoms with Crippen molar-refractivity contribution in [3.63, 3.8) is 0 Å².